The van der Waals surface area contributed by atoms with E-state index in [-0.39, 0.29) is 18.4 Å². The van der Waals surface area contributed by atoms with E-state index in [2.05, 4.69) is 28.0 Å². The van der Waals surface area contributed by atoms with Crippen LogP contribution in [0, 0.1) is 11.3 Å². The van der Waals surface area contributed by atoms with E-state index in [4.69, 9.17) is 5.73 Å². The molecule has 1 aromatic carbocycles. The van der Waals surface area contributed by atoms with Crippen molar-refractivity contribution in [3.8, 4) is 6.07 Å². The molecule has 0 aromatic heterocycles. The van der Waals surface area contributed by atoms with Crippen LogP contribution in [-0.4, -0.2) is 32.2 Å². The molecule has 0 bridgehead atoms. The number of rotatable bonds is 2. The summed E-state index contributed by atoms with van der Waals surface area (Å²) in [4.78, 5) is 4.59. The molecule has 1 atom stereocenters. The molecule has 0 saturated carbocycles. The molecule has 0 radical (unpaired) electrons. The first-order chi connectivity index (χ1) is 9.28. The van der Waals surface area contributed by atoms with Crippen molar-refractivity contribution in [1.82, 2.24) is 0 Å². The van der Waals surface area contributed by atoms with Crippen molar-refractivity contribution in [2.75, 3.05) is 36.0 Å². The molecule has 2 heterocycles. The number of benzene rings is 1. The van der Waals surface area contributed by atoms with Gasteiger partial charge in [0.25, 0.3) is 0 Å². The van der Waals surface area contributed by atoms with Gasteiger partial charge < -0.3 is 15.5 Å². The highest BCUT2D eigenvalue weighted by Crippen LogP contribution is 2.29. The number of nitrogens with two attached hydrogens (primary N) is 1. The SMILES string of the molecule is Cl.N#Cc1cc(N2CCCC2)ccc1N1CC[C@H](N)C1. The predicted molar refractivity (Wildman–Crippen MR) is 84.7 cm³/mol. The van der Waals surface area contributed by atoms with Crippen LogP contribution in [0.4, 0.5) is 11.4 Å². The zero-order valence-electron chi connectivity index (χ0n) is 11.6. The summed E-state index contributed by atoms with van der Waals surface area (Å²) >= 11 is 0. The van der Waals surface area contributed by atoms with E-state index in [0.29, 0.717) is 0 Å². The monoisotopic (exact) mass is 292 g/mol. The molecule has 0 amide bonds. The van der Waals surface area contributed by atoms with E-state index >= 15 is 0 Å². The normalized spacial score (nSPS) is 21.7. The van der Waals surface area contributed by atoms with Crippen LogP contribution in [0.15, 0.2) is 18.2 Å². The van der Waals surface area contributed by atoms with E-state index in [1.54, 1.807) is 0 Å². The van der Waals surface area contributed by atoms with Gasteiger partial charge in [-0.3, -0.25) is 0 Å². The third-order valence-electron chi connectivity index (χ3n) is 4.14. The Balaban J connectivity index is 0.00000147. The van der Waals surface area contributed by atoms with Crippen LogP contribution in [0.25, 0.3) is 0 Å². The fourth-order valence-electron chi connectivity index (χ4n) is 3.07. The lowest BCUT2D eigenvalue weighted by Crippen LogP contribution is -2.27. The summed E-state index contributed by atoms with van der Waals surface area (Å²) in [5, 5.41) is 9.39. The number of nitrogens with zero attached hydrogens (tertiary/aromatic N) is 3. The summed E-state index contributed by atoms with van der Waals surface area (Å²) in [7, 11) is 0. The Kier molecular flexibility index (Phi) is 4.74. The molecule has 0 spiro atoms. The average molecular weight is 293 g/mol. The van der Waals surface area contributed by atoms with Crippen molar-refractivity contribution >= 4 is 23.8 Å². The van der Waals surface area contributed by atoms with Gasteiger partial charge in [-0.05, 0) is 37.5 Å². The number of anilines is 2. The molecule has 0 aliphatic carbocycles. The van der Waals surface area contributed by atoms with Crippen LogP contribution in [0.2, 0.25) is 0 Å². The van der Waals surface area contributed by atoms with Crippen molar-refractivity contribution in [2.24, 2.45) is 5.73 Å². The van der Waals surface area contributed by atoms with Crippen molar-refractivity contribution in [2.45, 2.75) is 25.3 Å². The lowest BCUT2D eigenvalue weighted by molar-refractivity contribution is 0.752. The molecule has 2 aliphatic rings. The molecule has 0 unspecified atom stereocenters. The highest BCUT2D eigenvalue weighted by Gasteiger charge is 2.22. The van der Waals surface area contributed by atoms with Gasteiger partial charge in [-0.1, -0.05) is 0 Å². The molecular weight excluding hydrogens is 272 g/mol. The van der Waals surface area contributed by atoms with Crippen molar-refractivity contribution in [3.05, 3.63) is 23.8 Å². The second-order valence-electron chi connectivity index (χ2n) is 5.50. The second kappa shape index (κ2) is 6.34. The summed E-state index contributed by atoms with van der Waals surface area (Å²) in [5.74, 6) is 0. The molecule has 108 valence electrons. The highest BCUT2D eigenvalue weighted by molar-refractivity contribution is 5.85. The number of hydrogen-bond acceptors (Lipinski definition) is 4. The van der Waals surface area contributed by atoms with Crippen LogP contribution in [-0.2, 0) is 0 Å². The Bertz CT molecular complexity index is 505. The average Bonchev–Trinajstić information content (AvgIpc) is 3.09. The maximum atomic E-state index is 9.39. The Morgan fingerprint density at radius 1 is 1.15 bits per heavy atom. The Labute approximate surface area is 126 Å². The number of hydrogen-bond donors (Lipinski definition) is 1. The molecule has 1 aromatic rings. The van der Waals surface area contributed by atoms with Gasteiger partial charge in [-0.25, -0.2) is 0 Å². The van der Waals surface area contributed by atoms with Gasteiger partial charge in [0.1, 0.15) is 6.07 Å². The first-order valence-corrected chi connectivity index (χ1v) is 7.07. The third kappa shape index (κ3) is 2.84. The van der Waals surface area contributed by atoms with E-state index in [1.807, 2.05) is 6.07 Å². The number of halogens is 1. The Hall–Kier alpha value is -1.44. The lowest BCUT2D eigenvalue weighted by Gasteiger charge is -2.23. The molecule has 2 saturated heterocycles. The van der Waals surface area contributed by atoms with E-state index < -0.39 is 0 Å². The second-order valence-corrected chi connectivity index (χ2v) is 5.50. The van der Waals surface area contributed by atoms with E-state index in [9.17, 15) is 5.26 Å². The standard InChI is InChI=1S/C15H20N4.ClH/c16-10-12-9-14(18-6-1-2-7-18)3-4-15(12)19-8-5-13(17)11-19;/h3-4,9,13H,1-2,5-8,11,17H2;1H/t13-;/m0./s1. The van der Waals surface area contributed by atoms with Gasteiger partial charge in [0, 0.05) is 37.9 Å². The zero-order valence-corrected chi connectivity index (χ0v) is 12.4. The largest absolute Gasteiger partial charge is 0.371 e. The van der Waals surface area contributed by atoms with Crippen LogP contribution < -0.4 is 15.5 Å². The van der Waals surface area contributed by atoms with Crippen molar-refractivity contribution in [3.63, 3.8) is 0 Å². The van der Waals surface area contributed by atoms with E-state index in [1.165, 1.54) is 18.5 Å². The van der Waals surface area contributed by atoms with Crippen molar-refractivity contribution in [1.29, 1.82) is 5.26 Å². The van der Waals surface area contributed by atoms with Crippen molar-refractivity contribution < 1.29 is 0 Å². The van der Waals surface area contributed by atoms with Gasteiger partial charge in [-0.15, -0.1) is 12.4 Å². The minimum Gasteiger partial charge on any atom is -0.371 e. The molecule has 2 N–H and O–H groups in total. The van der Waals surface area contributed by atoms with Gasteiger partial charge >= 0.3 is 0 Å². The summed E-state index contributed by atoms with van der Waals surface area (Å²) in [6.45, 7) is 4.04. The van der Waals surface area contributed by atoms with Gasteiger partial charge in [0.15, 0.2) is 0 Å². The molecule has 5 heteroatoms. The minimum absolute atomic E-state index is 0. The fourth-order valence-corrected chi connectivity index (χ4v) is 3.07. The molecular formula is C15H21ClN4. The zero-order chi connectivity index (χ0) is 13.2. The Morgan fingerprint density at radius 3 is 2.50 bits per heavy atom. The highest BCUT2D eigenvalue weighted by atomic mass is 35.5. The molecule has 2 fully saturated rings. The van der Waals surface area contributed by atoms with Crippen LogP contribution in [0.5, 0.6) is 0 Å². The third-order valence-corrected chi connectivity index (χ3v) is 4.14. The smallest absolute Gasteiger partial charge is 0.101 e. The maximum Gasteiger partial charge on any atom is 0.101 e. The Morgan fingerprint density at radius 2 is 1.90 bits per heavy atom. The molecule has 3 rings (SSSR count). The first kappa shape index (κ1) is 15.0. The van der Waals surface area contributed by atoms with Crippen LogP contribution >= 0.6 is 12.4 Å². The molecule has 20 heavy (non-hydrogen) atoms. The summed E-state index contributed by atoms with van der Waals surface area (Å²) in [6, 6.07) is 8.85. The summed E-state index contributed by atoms with van der Waals surface area (Å²) < 4.78 is 0. The topological polar surface area (TPSA) is 56.3 Å². The van der Waals surface area contributed by atoms with Crippen LogP contribution in [0.1, 0.15) is 24.8 Å². The fraction of sp³-hybridized carbons (Fsp3) is 0.533. The summed E-state index contributed by atoms with van der Waals surface area (Å²) in [6.07, 6.45) is 3.52. The van der Waals surface area contributed by atoms with Gasteiger partial charge in [-0.2, -0.15) is 5.26 Å². The molecule has 2 aliphatic heterocycles. The predicted octanol–water partition coefficient (Wildman–Crippen LogP) is 2.12. The van der Waals surface area contributed by atoms with E-state index in [0.717, 1.165) is 43.9 Å². The summed E-state index contributed by atoms with van der Waals surface area (Å²) in [5.41, 5.74) is 8.95. The first-order valence-electron chi connectivity index (χ1n) is 7.07. The maximum absolute atomic E-state index is 9.39. The van der Waals surface area contributed by atoms with Crippen LogP contribution in [0.3, 0.4) is 0 Å². The van der Waals surface area contributed by atoms with Gasteiger partial charge in [0.2, 0.25) is 0 Å². The van der Waals surface area contributed by atoms with Gasteiger partial charge in [0.05, 0.1) is 11.3 Å². The minimum atomic E-state index is 0. The molecule has 4 nitrogen and oxygen atoms in total. The quantitative estimate of drug-likeness (QED) is 0.907. The number of nitriles is 1. The lowest BCUT2D eigenvalue weighted by atomic mass is 10.1.